The number of carbonyl (C=O) groups is 1. The Bertz CT molecular complexity index is 326. The SMILES string of the molecule is CC(=O)/C(=N\O)C1C(CC#N)C1(C)C. The van der Waals surface area contributed by atoms with E-state index in [1.807, 2.05) is 13.8 Å². The van der Waals surface area contributed by atoms with Gasteiger partial charge in [-0.2, -0.15) is 5.26 Å². The van der Waals surface area contributed by atoms with E-state index in [1.165, 1.54) is 6.92 Å². The van der Waals surface area contributed by atoms with Crippen molar-refractivity contribution in [3.05, 3.63) is 0 Å². The summed E-state index contributed by atoms with van der Waals surface area (Å²) in [7, 11) is 0. The number of nitriles is 1. The van der Waals surface area contributed by atoms with Gasteiger partial charge in [0.25, 0.3) is 0 Å². The Morgan fingerprint density at radius 1 is 1.64 bits per heavy atom. The van der Waals surface area contributed by atoms with Gasteiger partial charge in [0.2, 0.25) is 0 Å². The Hall–Kier alpha value is -1.37. The smallest absolute Gasteiger partial charge is 0.177 e. The number of ketones is 1. The number of hydrogen-bond acceptors (Lipinski definition) is 4. The molecular weight excluding hydrogens is 180 g/mol. The summed E-state index contributed by atoms with van der Waals surface area (Å²) in [6, 6.07) is 2.09. The molecule has 1 fully saturated rings. The maximum atomic E-state index is 11.1. The maximum Gasteiger partial charge on any atom is 0.177 e. The molecule has 1 rings (SSSR count). The van der Waals surface area contributed by atoms with Crippen LogP contribution in [0.25, 0.3) is 0 Å². The molecule has 2 unspecified atom stereocenters. The van der Waals surface area contributed by atoms with Crippen molar-refractivity contribution in [2.24, 2.45) is 22.4 Å². The summed E-state index contributed by atoms with van der Waals surface area (Å²) in [6.07, 6.45) is 0.407. The standard InChI is InChI=1S/C10H14N2O2/c1-6(13)9(12-14)8-7(4-5-11)10(8,2)3/h7-8,14H,4H2,1-3H3/b12-9+. The lowest BCUT2D eigenvalue weighted by Gasteiger charge is -2.01. The van der Waals surface area contributed by atoms with Crippen LogP contribution in [-0.4, -0.2) is 16.7 Å². The normalized spacial score (nSPS) is 29.4. The molecule has 0 radical (unpaired) electrons. The molecule has 0 spiro atoms. The van der Waals surface area contributed by atoms with Gasteiger partial charge in [0.1, 0.15) is 5.71 Å². The summed E-state index contributed by atoms with van der Waals surface area (Å²) in [4.78, 5) is 11.1. The highest BCUT2D eigenvalue weighted by molar-refractivity contribution is 6.40. The molecule has 0 bridgehead atoms. The second kappa shape index (κ2) is 3.41. The van der Waals surface area contributed by atoms with Gasteiger partial charge in [0, 0.05) is 19.3 Å². The van der Waals surface area contributed by atoms with Gasteiger partial charge in [-0.1, -0.05) is 19.0 Å². The van der Waals surface area contributed by atoms with Crippen LogP contribution in [0.5, 0.6) is 0 Å². The quantitative estimate of drug-likeness (QED) is 0.421. The fourth-order valence-corrected chi connectivity index (χ4v) is 2.12. The Labute approximate surface area is 83.2 Å². The summed E-state index contributed by atoms with van der Waals surface area (Å²) in [5.74, 6) is -0.141. The van der Waals surface area contributed by atoms with E-state index in [0.717, 1.165) is 0 Å². The van der Waals surface area contributed by atoms with Crippen molar-refractivity contribution in [3.63, 3.8) is 0 Å². The minimum Gasteiger partial charge on any atom is -0.411 e. The van der Waals surface area contributed by atoms with Gasteiger partial charge in [-0.3, -0.25) is 4.79 Å². The molecule has 4 heteroatoms. The third-order valence-corrected chi connectivity index (χ3v) is 3.12. The molecule has 0 aromatic heterocycles. The molecule has 4 nitrogen and oxygen atoms in total. The summed E-state index contributed by atoms with van der Waals surface area (Å²) >= 11 is 0. The number of hydrogen-bond donors (Lipinski definition) is 1. The molecule has 1 aliphatic carbocycles. The lowest BCUT2D eigenvalue weighted by molar-refractivity contribution is -0.111. The third kappa shape index (κ3) is 1.50. The molecule has 0 heterocycles. The van der Waals surface area contributed by atoms with Gasteiger partial charge in [0.15, 0.2) is 5.78 Å². The zero-order chi connectivity index (χ0) is 10.9. The first-order valence-electron chi connectivity index (χ1n) is 4.56. The van der Waals surface area contributed by atoms with Crippen LogP contribution in [0.15, 0.2) is 5.16 Å². The van der Waals surface area contributed by atoms with Crippen LogP contribution in [0.3, 0.4) is 0 Å². The van der Waals surface area contributed by atoms with E-state index in [4.69, 9.17) is 10.5 Å². The first-order chi connectivity index (χ1) is 6.46. The zero-order valence-electron chi connectivity index (χ0n) is 8.61. The Morgan fingerprint density at radius 3 is 2.57 bits per heavy atom. The molecule has 1 N–H and O–H groups in total. The molecular formula is C10H14N2O2. The van der Waals surface area contributed by atoms with Crippen molar-refractivity contribution < 1.29 is 10.0 Å². The molecule has 76 valence electrons. The average molecular weight is 194 g/mol. The van der Waals surface area contributed by atoms with E-state index in [2.05, 4.69) is 11.2 Å². The molecule has 1 saturated carbocycles. The molecule has 0 saturated heterocycles. The Kier molecular flexibility index (Phi) is 2.61. The molecule has 0 aromatic rings. The summed E-state index contributed by atoms with van der Waals surface area (Å²) in [6.45, 7) is 5.34. The van der Waals surface area contributed by atoms with Gasteiger partial charge >= 0.3 is 0 Å². The second-order valence-corrected chi connectivity index (χ2v) is 4.31. The predicted molar refractivity (Wildman–Crippen MR) is 50.9 cm³/mol. The number of rotatable bonds is 3. The number of carbonyl (C=O) groups excluding carboxylic acids is 1. The van der Waals surface area contributed by atoms with Crippen molar-refractivity contribution in [2.45, 2.75) is 27.2 Å². The van der Waals surface area contributed by atoms with E-state index < -0.39 is 0 Å². The third-order valence-electron chi connectivity index (χ3n) is 3.12. The van der Waals surface area contributed by atoms with E-state index in [0.29, 0.717) is 6.42 Å². The molecule has 0 aliphatic heterocycles. The largest absolute Gasteiger partial charge is 0.411 e. The molecule has 1 aliphatic rings. The van der Waals surface area contributed by atoms with Crippen LogP contribution < -0.4 is 0 Å². The number of nitrogens with zero attached hydrogens (tertiary/aromatic N) is 2. The van der Waals surface area contributed by atoms with Crippen molar-refractivity contribution >= 4 is 11.5 Å². The zero-order valence-corrected chi connectivity index (χ0v) is 8.61. The number of Topliss-reactive ketones (excluding diaryl/α,β-unsaturated/α-hetero) is 1. The van der Waals surface area contributed by atoms with E-state index in [1.54, 1.807) is 0 Å². The summed E-state index contributed by atoms with van der Waals surface area (Å²) < 4.78 is 0. The van der Waals surface area contributed by atoms with E-state index in [9.17, 15) is 4.79 Å². The van der Waals surface area contributed by atoms with E-state index in [-0.39, 0.29) is 28.7 Å². The minimum absolute atomic E-state index is 0.0651. The van der Waals surface area contributed by atoms with Crippen molar-refractivity contribution in [1.29, 1.82) is 5.26 Å². The van der Waals surface area contributed by atoms with Crippen LogP contribution in [-0.2, 0) is 4.79 Å². The lowest BCUT2D eigenvalue weighted by atomic mass is 10.0. The summed E-state index contributed by atoms with van der Waals surface area (Å²) in [5.41, 5.74) is 0.110. The lowest BCUT2D eigenvalue weighted by Crippen LogP contribution is -2.15. The molecule has 0 amide bonds. The van der Waals surface area contributed by atoms with Crippen LogP contribution in [0.1, 0.15) is 27.2 Å². The van der Waals surface area contributed by atoms with Gasteiger partial charge in [-0.25, -0.2) is 0 Å². The highest BCUT2D eigenvalue weighted by Gasteiger charge is 2.60. The Balaban J connectivity index is 2.83. The van der Waals surface area contributed by atoms with Crippen LogP contribution in [0.2, 0.25) is 0 Å². The van der Waals surface area contributed by atoms with Crippen LogP contribution in [0.4, 0.5) is 0 Å². The van der Waals surface area contributed by atoms with Crippen molar-refractivity contribution in [3.8, 4) is 6.07 Å². The molecule has 2 atom stereocenters. The number of oxime groups is 1. The van der Waals surface area contributed by atoms with E-state index >= 15 is 0 Å². The minimum atomic E-state index is -0.217. The highest BCUT2D eigenvalue weighted by Crippen LogP contribution is 2.60. The topological polar surface area (TPSA) is 73.4 Å². The fourth-order valence-electron chi connectivity index (χ4n) is 2.12. The fraction of sp³-hybridized carbons (Fsp3) is 0.700. The highest BCUT2D eigenvalue weighted by atomic mass is 16.4. The maximum absolute atomic E-state index is 11.1. The first-order valence-corrected chi connectivity index (χ1v) is 4.56. The van der Waals surface area contributed by atoms with Crippen LogP contribution >= 0.6 is 0 Å². The Morgan fingerprint density at radius 2 is 2.21 bits per heavy atom. The molecule has 0 aromatic carbocycles. The van der Waals surface area contributed by atoms with Gasteiger partial charge in [0.05, 0.1) is 6.07 Å². The van der Waals surface area contributed by atoms with Gasteiger partial charge in [-0.05, 0) is 11.3 Å². The van der Waals surface area contributed by atoms with Crippen LogP contribution in [0, 0.1) is 28.6 Å². The second-order valence-electron chi connectivity index (χ2n) is 4.31. The predicted octanol–water partition coefficient (Wildman–Crippen LogP) is 1.59. The van der Waals surface area contributed by atoms with Crippen molar-refractivity contribution in [1.82, 2.24) is 0 Å². The average Bonchev–Trinajstić information content (AvgIpc) is 2.58. The molecule has 14 heavy (non-hydrogen) atoms. The van der Waals surface area contributed by atoms with Crippen molar-refractivity contribution in [2.75, 3.05) is 0 Å². The first kappa shape index (κ1) is 10.7. The van der Waals surface area contributed by atoms with Gasteiger partial charge < -0.3 is 5.21 Å². The summed E-state index contributed by atoms with van der Waals surface area (Å²) in [5, 5.41) is 20.3. The van der Waals surface area contributed by atoms with Gasteiger partial charge in [-0.15, -0.1) is 0 Å². The monoisotopic (exact) mass is 194 g/mol.